The van der Waals surface area contributed by atoms with Gasteiger partial charge in [-0.1, -0.05) is 60.1 Å². The molecular weight excluding hydrogens is 827 g/mol. The lowest BCUT2D eigenvalue weighted by molar-refractivity contribution is -0.141. The number of carboxylic acids is 1. The number of likely N-dealkylation sites (N-methyl/N-ethyl adjacent to an activating group) is 1. The number of rotatable bonds is 16. The molecule has 1 saturated heterocycles. The van der Waals surface area contributed by atoms with Gasteiger partial charge in [-0.05, 0) is 85.1 Å². The second-order valence-electron chi connectivity index (χ2n) is 15.3. The molecule has 0 amide bonds. The first-order chi connectivity index (χ1) is 30.2. The van der Waals surface area contributed by atoms with Gasteiger partial charge < -0.3 is 24.2 Å². The zero-order valence-electron chi connectivity index (χ0n) is 34.7. The van der Waals surface area contributed by atoms with E-state index in [1.54, 1.807) is 31.5 Å². The number of thiophene rings is 1. The molecule has 0 spiro atoms. The molecule has 0 saturated carbocycles. The molecule has 4 aromatic carbocycles. The van der Waals surface area contributed by atoms with Crippen LogP contribution < -0.4 is 14.2 Å². The van der Waals surface area contributed by atoms with E-state index in [-0.39, 0.29) is 25.3 Å². The number of aliphatic carboxylic acids is 1. The fraction of sp³-hybridized carbons (Fsp3) is 0.271. The van der Waals surface area contributed by atoms with E-state index in [1.807, 2.05) is 67.6 Å². The van der Waals surface area contributed by atoms with Crippen LogP contribution in [-0.4, -0.2) is 94.3 Å². The molecule has 7 aromatic rings. The van der Waals surface area contributed by atoms with Crippen molar-refractivity contribution in [3.8, 4) is 50.2 Å². The minimum absolute atomic E-state index is 0.101. The molecule has 8 rings (SSSR count). The molecule has 11 nitrogen and oxygen atoms in total. The first-order valence-corrected chi connectivity index (χ1v) is 21.6. The van der Waals surface area contributed by atoms with Gasteiger partial charge in [-0.2, -0.15) is 0 Å². The Morgan fingerprint density at radius 2 is 1.63 bits per heavy atom. The van der Waals surface area contributed by atoms with Crippen LogP contribution in [0, 0.1) is 18.7 Å². The van der Waals surface area contributed by atoms with E-state index in [1.165, 1.54) is 29.8 Å². The van der Waals surface area contributed by atoms with Crippen molar-refractivity contribution in [3.05, 3.63) is 137 Å². The molecule has 1 aliphatic rings. The quantitative estimate of drug-likeness (QED) is 0.100. The third kappa shape index (κ3) is 9.56. The number of carboxylic acid groups (broad SMARTS) is 1. The van der Waals surface area contributed by atoms with Gasteiger partial charge in [-0.25, -0.2) is 24.3 Å². The van der Waals surface area contributed by atoms with E-state index in [2.05, 4.69) is 26.8 Å². The van der Waals surface area contributed by atoms with Gasteiger partial charge in [0.2, 0.25) is 0 Å². The van der Waals surface area contributed by atoms with Crippen LogP contribution in [0.3, 0.4) is 0 Å². The van der Waals surface area contributed by atoms with Gasteiger partial charge in [0.15, 0.2) is 5.82 Å². The lowest BCUT2D eigenvalue weighted by Gasteiger charge is -2.32. The summed E-state index contributed by atoms with van der Waals surface area (Å²) >= 11 is 8.53. The second-order valence-corrected chi connectivity index (χ2v) is 16.6. The molecule has 4 heterocycles. The van der Waals surface area contributed by atoms with Gasteiger partial charge in [0.05, 0.1) is 35.0 Å². The van der Waals surface area contributed by atoms with Gasteiger partial charge in [-0.15, -0.1) is 11.3 Å². The molecule has 14 heteroatoms. The van der Waals surface area contributed by atoms with Crippen molar-refractivity contribution in [1.29, 1.82) is 0 Å². The molecule has 0 bridgehead atoms. The SMILES string of the molecule is COc1ccccc1-c1nccc(COc2ccccc2C[C@@H](Cc2ncnc3sc(-c4ccc(F)cc4)c(-c4ccc(OCCN5CCN(C)CC5)c(Cl)c4C)c23)C(=O)O)n1. The van der Waals surface area contributed by atoms with Crippen molar-refractivity contribution < 1.29 is 28.5 Å². The average Bonchev–Trinajstić information content (AvgIpc) is 3.68. The maximum absolute atomic E-state index is 14.2. The van der Waals surface area contributed by atoms with E-state index in [0.717, 1.165) is 76.4 Å². The van der Waals surface area contributed by atoms with Gasteiger partial charge >= 0.3 is 5.97 Å². The number of piperazine rings is 1. The minimum atomic E-state index is -0.975. The van der Waals surface area contributed by atoms with Crippen LogP contribution in [0.1, 0.15) is 22.5 Å². The smallest absolute Gasteiger partial charge is 0.307 e. The Hall–Kier alpha value is -5.99. The largest absolute Gasteiger partial charge is 0.496 e. The monoisotopic (exact) mass is 872 g/mol. The molecular formula is C48H46ClFN6O5S. The number of halogens is 2. The summed E-state index contributed by atoms with van der Waals surface area (Å²) in [6.45, 7) is 7.42. The highest BCUT2D eigenvalue weighted by Crippen LogP contribution is 2.48. The molecule has 1 aliphatic heterocycles. The minimum Gasteiger partial charge on any atom is -0.496 e. The first-order valence-electron chi connectivity index (χ1n) is 20.4. The second kappa shape index (κ2) is 19.4. The van der Waals surface area contributed by atoms with Gasteiger partial charge in [0, 0.05) is 61.2 Å². The van der Waals surface area contributed by atoms with Crippen molar-refractivity contribution in [3.63, 3.8) is 0 Å². The number of nitrogens with zero attached hydrogens (tertiary/aromatic N) is 6. The van der Waals surface area contributed by atoms with Crippen LogP contribution in [-0.2, 0) is 24.2 Å². The Bertz CT molecular complexity index is 2690. The highest BCUT2D eigenvalue weighted by atomic mass is 35.5. The van der Waals surface area contributed by atoms with Crippen molar-refractivity contribution in [2.75, 3.05) is 53.5 Å². The summed E-state index contributed by atoms with van der Waals surface area (Å²) in [4.78, 5) is 37.9. The summed E-state index contributed by atoms with van der Waals surface area (Å²) in [6, 6.07) is 26.9. The molecule has 0 radical (unpaired) electrons. The van der Waals surface area contributed by atoms with E-state index in [9.17, 15) is 14.3 Å². The predicted octanol–water partition coefficient (Wildman–Crippen LogP) is 9.28. The number of para-hydroxylation sites is 2. The topological polar surface area (TPSA) is 123 Å². The summed E-state index contributed by atoms with van der Waals surface area (Å²) in [5, 5.41) is 12.0. The summed E-state index contributed by atoms with van der Waals surface area (Å²) in [5.41, 5.74) is 5.93. The number of carbonyl (C=O) groups is 1. The van der Waals surface area contributed by atoms with Crippen molar-refractivity contribution >= 4 is 39.1 Å². The maximum atomic E-state index is 14.2. The Kier molecular flexibility index (Phi) is 13.3. The number of hydrogen-bond acceptors (Lipinski definition) is 11. The zero-order valence-corrected chi connectivity index (χ0v) is 36.3. The number of methoxy groups -OCH3 is 1. The fourth-order valence-electron chi connectivity index (χ4n) is 7.75. The van der Waals surface area contributed by atoms with Gasteiger partial charge in [0.25, 0.3) is 0 Å². The normalized spacial score (nSPS) is 13.9. The molecule has 318 valence electrons. The Morgan fingerprint density at radius 1 is 0.871 bits per heavy atom. The van der Waals surface area contributed by atoms with Crippen LogP contribution in [0.5, 0.6) is 17.2 Å². The Morgan fingerprint density at radius 3 is 2.40 bits per heavy atom. The summed E-state index contributed by atoms with van der Waals surface area (Å²) in [5.74, 6) is 0.102. The maximum Gasteiger partial charge on any atom is 0.307 e. The Balaban J connectivity index is 1.08. The number of benzene rings is 4. The molecule has 0 unspecified atom stereocenters. The van der Waals surface area contributed by atoms with Crippen LogP contribution in [0.2, 0.25) is 5.02 Å². The molecule has 62 heavy (non-hydrogen) atoms. The molecule has 1 N–H and O–H groups in total. The number of hydrogen-bond donors (Lipinski definition) is 1. The highest BCUT2D eigenvalue weighted by Gasteiger charge is 2.27. The van der Waals surface area contributed by atoms with Crippen molar-refractivity contribution in [2.24, 2.45) is 5.92 Å². The number of aromatic nitrogens is 4. The van der Waals surface area contributed by atoms with E-state index >= 15 is 0 Å². The van der Waals surface area contributed by atoms with Gasteiger partial charge in [0.1, 0.15) is 47.4 Å². The van der Waals surface area contributed by atoms with Crippen molar-refractivity contribution in [1.82, 2.24) is 29.7 Å². The molecule has 0 aliphatic carbocycles. The van der Waals surface area contributed by atoms with E-state index in [0.29, 0.717) is 50.9 Å². The number of fused-ring (bicyclic) bond motifs is 1. The van der Waals surface area contributed by atoms with Crippen LogP contribution in [0.25, 0.3) is 43.2 Å². The van der Waals surface area contributed by atoms with Crippen molar-refractivity contribution in [2.45, 2.75) is 26.4 Å². The molecule has 1 atom stereocenters. The highest BCUT2D eigenvalue weighted by molar-refractivity contribution is 7.22. The summed E-state index contributed by atoms with van der Waals surface area (Å²) in [6.07, 6.45) is 3.42. The lowest BCUT2D eigenvalue weighted by atomic mass is 9.90. The third-order valence-electron chi connectivity index (χ3n) is 11.2. The van der Waals surface area contributed by atoms with Crippen LogP contribution in [0.4, 0.5) is 4.39 Å². The van der Waals surface area contributed by atoms with Gasteiger partial charge in [-0.3, -0.25) is 9.69 Å². The first kappa shape index (κ1) is 42.7. The standard InChI is InChI=1S/C48H46ClFN6O5S/c1-30-36(16-17-41(44(30)49)60-25-24-56-22-20-55(2)21-23-56)42-43-38(52-29-53-47(43)62-45(42)31-12-14-34(50)15-13-31)27-33(48(57)58)26-32-8-4-6-10-39(32)61-28-35-18-19-51-46(54-35)37-9-5-7-11-40(37)59-3/h4-19,29,33H,20-28H2,1-3H3,(H,57,58)/t33-/m0/s1. The molecule has 3 aromatic heterocycles. The summed E-state index contributed by atoms with van der Waals surface area (Å²) < 4.78 is 32.3. The fourth-order valence-corrected chi connectivity index (χ4v) is 9.16. The number of ether oxygens (including phenoxy) is 3. The van der Waals surface area contributed by atoms with E-state index < -0.39 is 11.9 Å². The Labute approximate surface area is 368 Å². The van der Waals surface area contributed by atoms with Crippen LogP contribution in [0.15, 0.2) is 104 Å². The third-order valence-corrected chi connectivity index (χ3v) is 12.8. The lowest BCUT2D eigenvalue weighted by Crippen LogP contribution is -2.45. The van der Waals surface area contributed by atoms with Crippen LogP contribution >= 0.6 is 22.9 Å². The summed E-state index contributed by atoms with van der Waals surface area (Å²) in [7, 11) is 3.74. The zero-order chi connectivity index (χ0) is 43.2. The van der Waals surface area contributed by atoms with E-state index in [4.69, 9.17) is 35.8 Å². The average molecular weight is 873 g/mol. The predicted molar refractivity (Wildman–Crippen MR) is 241 cm³/mol. The molecule has 1 fully saturated rings.